The molecule has 3 aromatic rings. The van der Waals surface area contributed by atoms with Gasteiger partial charge in [-0.05, 0) is 41.0 Å². The number of anilines is 1. The van der Waals surface area contributed by atoms with Gasteiger partial charge in [-0.25, -0.2) is 4.98 Å². The van der Waals surface area contributed by atoms with E-state index in [0.717, 1.165) is 35.7 Å². The molecule has 0 aliphatic carbocycles. The zero-order chi connectivity index (χ0) is 22.3. The number of fused-ring (bicyclic) bond motifs is 1. The summed E-state index contributed by atoms with van der Waals surface area (Å²) in [6.45, 7) is 3.40. The molecule has 7 nitrogen and oxygen atoms in total. The maximum absolute atomic E-state index is 13.2. The molecule has 2 aromatic carbocycles. The summed E-state index contributed by atoms with van der Waals surface area (Å²) >= 11 is 0. The van der Waals surface area contributed by atoms with Gasteiger partial charge in [0.15, 0.2) is 5.69 Å². The van der Waals surface area contributed by atoms with Crippen LogP contribution in [-0.4, -0.2) is 28.0 Å². The summed E-state index contributed by atoms with van der Waals surface area (Å²) in [7, 11) is 0.514. The normalized spacial score (nSPS) is 13.3. The van der Waals surface area contributed by atoms with Crippen molar-refractivity contribution in [1.29, 1.82) is 0 Å². The lowest BCUT2D eigenvalue weighted by Crippen LogP contribution is -2.27. The van der Waals surface area contributed by atoms with Gasteiger partial charge < -0.3 is 20.4 Å². The molecule has 1 atom stereocenters. The molecule has 0 radical (unpaired) electrons. The van der Waals surface area contributed by atoms with Crippen molar-refractivity contribution in [2.45, 2.75) is 26.3 Å². The Morgan fingerprint density at radius 2 is 1.91 bits per heavy atom. The van der Waals surface area contributed by atoms with Gasteiger partial charge >= 0.3 is 0 Å². The van der Waals surface area contributed by atoms with Crippen molar-refractivity contribution in [3.8, 4) is 0 Å². The van der Waals surface area contributed by atoms with E-state index in [2.05, 4.69) is 32.3 Å². The number of rotatable bonds is 8. The van der Waals surface area contributed by atoms with Crippen LogP contribution in [0.1, 0.15) is 46.2 Å². The second-order valence-electron chi connectivity index (χ2n) is 7.48. The molecule has 0 bridgehead atoms. The first-order valence-corrected chi connectivity index (χ1v) is 11.6. The van der Waals surface area contributed by atoms with Crippen molar-refractivity contribution in [1.82, 2.24) is 20.1 Å². The van der Waals surface area contributed by atoms with Crippen molar-refractivity contribution in [2.24, 2.45) is 0 Å². The monoisotopic (exact) mass is 447 g/mol. The molecule has 8 heteroatoms. The molecular formula is C24H26N5O2P. The molecule has 0 fully saturated rings. The number of amides is 2. The van der Waals surface area contributed by atoms with Crippen molar-refractivity contribution >= 4 is 37.2 Å². The Balaban J connectivity index is 1.59. The maximum atomic E-state index is 13.2. The van der Waals surface area contributed by atoms with Crippen LogP contribution in [0.5, 0.6) is 0 Å². The largest absolute Gasteiger partial charge is 0.355 e. The van der Waals surface area contributed by atoms with E-state index in [0.29, 0.717) is 26.7 Å². The SMILES string of the molecule is CCCCNC(=O)c1ncccc1NC(=O)c1ccc(CN2C=CNP2)c2ccccc12. The van der Waals surface area contributed by atoms with Crippen molar-refractivity contribution in [3.63, 3.8) is 0 Å². The second-order valence-corrected chi connectivity index (χ2v) is 8.57. The summed E-state index contributed by atoms with van der Waals surface area (Å²) in [6, 6.07) is 15.1. The van der Waals surface area contributed by atoms with Crippen LogP contribution in [0.4, 0.5) is 5.69 Å². The van der Waals surface area contributed by atoms with Crippen LogP contribution in [0.15, 0.2) is 67.1 Å². The zero-order valence-corrected chi connectivity index (χ0v) is 18.9. The molecule has 3 N–H and O–H groups in total. The quantitative estimate of drug-likeness (QED) is 0.352. The standard InChI is InChI=1S/C24H26N5O2P/c1-2-3-12-26-24(31)22-21(9-6-13-25-22)28-23(30)20-11-10-17(16-29-15-14-27-32-29)18-7-4-5-8-19(18)20/h4-11,13-15,27,32H,2-3,12,16H2,1H3,(H,26,31)(H,28,30). The molecule has 2 heterocycles. The molecule has 1 unspecified atom stereocenters. The number of unbranched alkanes of at least 4 members (excludes halogenated alkanes) is 1. The Bertz CT molecular complexity index is 1160. The molecule has 0 saturated heterocycles. The summed E-state index contributed by atoms with van der Waals surface area (Å²) < 4.78 is 2.20. The Morgan fingerprint density at radius 1 is 1.06 bits per heavy atom. The van der Waals surface area contributed by atoms with Crippen LogP contribution in [-0.2, 0) is 6.54 Å². The lowest BCUT2D eigenvalue weighted by molar-refractivity contribution is 0.0949. The van der Waals surface area contributed by atoms with E-state index in [9.17, 15) is 9.59 Å². The van der Waals surface area contributed by atoms with Gasteiger partial charge in [0.2, 0.25) is 0 Å². The molecule has 2 amide bonds. The summed E-state index contributed by atoms with van der Waals surface area (Å²) in [5, 5.41) is 10.9. The highest BCUT2D eigenvalue weighted by Crippen LogP contribution is 2.29. The van der Waals surface area contributed by atoms with Crippen molar-refractivity contribution in [2.75, 3.05) is 11.9 Å². The number of aromatic nitrogens is 1. The van der Waals surface area contributed by atoms with E-state index in [1.165, 1.54) is 0 Å². The highest BCUT2D eigenvalue weighted by atomic mass is 31.1. The van der Waals surface area contributed by atoms with E-state index in [1.54, 1.807) is 18.3 Å². The van der Waals surface area contributed by atoms with E-state index >= 15 is 0 Å². The number of benzene rings is 2. The van der Waals surface area contributed by atoms with Gasteiger partial charge in [0.05, 0.1) is 14.6 Å². The van der Waals surface area contributed by atoms with Gasteiger partial charge in [-0.2, -0.15) is 0 Å². The smallest absolute Gasteiger partial charge is 0.272 e. The van der Waals surface area contributed by atoms with Crippen LogP contribution < -0.4 is 15.7 Å². The van der Waals surface area contributed by atoms with Crippen molar-refractivity contribution < 1.29 is 9.59 Å². The van der Waals surface area contributed by atoms with Gasteiger partial charge in [-0.1, -0.05) is 43.7 Å². The van der Waals surface area contributed by atoms with Gasteiger partial charge in [-0.15, -0.1) is 0 Å². The first-order chi connectivity index (χ1) is 15.7. The number of nitrogens with one attached hydrogen (secondary N) is 3. The number of pyridine rings is 1. The minimum absolute atomic E-state index is 0.215. The fourth-order valence-corrected chi connectivity index (χ4v) is 4.31. The fraction of sp³-hybridized carbons (Fsp3) is 0.208. The molecule has 0 spiro atoms. The first-order valence-electron chi connectivity index (χ1n) is 10.7. The molecule has 1 aromatic heterocycles. The summed E-state index contributed by atoms with van der Waals surface area (Å²) in [5.74, 6) is -0.560. The predicted molar refractivity (Wildman–Crippen MR) is 130 cm³/mol. The minimum Gasteiger partial charge on any atom is -0.355 e. The summed E-state index contributed by atoms with van der Waals surface area (Å²) in [6.07, 6.45) is 7.40. The predicted octanol–water partition coefficient (Wildman–Crippen LogP) is 4.40. The molecular weight excluding hydrogens is 421 g/mol. The molecule has 32 heavy (non-hydrogen) atoms. The molecule has 164 valence electrons. The van der Waals surface area contributed by atoms with Crippen molar-refractivity contribution in [3.05, 3.63) is 83.9 Å². The Labute approximate surface area is 189 Å². The van der Waals surface area contributed by atoms with Crippen LogP contribution in [0.2, 0.25) is 0 Å². The molecule has 0 saturated carbocycles. The lowest BCUT2D eigenvalue weighted by atomic mass is 9.99. The van der Waals surface area contributed by atoms with Crippen LogP contribution in [0, 0.1) is 0 Å². The number of carbonyl (C=O) groups excluding carboxylic acids is 2. The number of nitrogens with zero attached hydrogens (tertiary/aromatic N) is 2. The third kappa shape index (κ3) is 4.89. The summed E-state index contributed by atoms with van der Waals surface area (Å²) in [4.78, 5) is 30.0. The fourth-order valence-electron chi connectivity index (χ4n) is 3.60. The van der Waals surface area contributed by atoms with Crippen LogP contribution in [0.25, 0.3) is 10.8 Å². The topological polar surface area (TPSA) is 86.4 Å². The van der Waals surface area contributed by atoms with Crippen LogP contribution in [0.3, 0.4) is 0 Å². The third-order valence-electron chi connectivity index (χ3n) is 5.23. The Morgan fingerprint density at radius 3 is 2.69 bits per heavy atom. The van der Waals surface area contributed by atoms with E-state index < -0.39 is 0 Å². The van der Waals surface area contributed by atoms with Gasteiger partial charge in [-0.3, -0.25) is 9.59 Å². The Kier molecular flexibility index (Phi) is 6.97. The first kappa shape index (κ1) is 21.8. The highest BCUT2D eigenvalue weighted by Gasteiger charge is 2.18. The molecule has 1 aliphatic rings. The van der Waals surface area contributed by atoms with Gasteiger partial charge in [0, 0.05) is 37.2 Å². The van der Waals surface area contributed by atoms with Gasteiger partial charge in [0.25, 0.3) is 11.8 Å². The van der Waals surface area contributed by atoms with E-state index in [4.69, 9.17) is 0 Å². The van der Waals surface area contributed by atoms with E-state index in [1.807, 2.05) is 48.8 Å². The lowest BCUT2D eigenvalue weighted by Gasteiger charge is -2.17. The van der Waals surface area contributed by atoms with E-state index in [-0.39, 0.29) is 17.5 Å². The zero-order valence-electron chi connectivity index (χ0n) is 17.9. The highest BCUT2D eigenvalue weighted by molar-refractivity contribution is 7.33. The van der Waals surface area contributed by atoms with Crippen LogP contribution >= 0.6 is 8.88 Å². The van der Waals surface area contributed by atoms with Gasteiger partial charge in [0.1, 0.15) is 0 Å². The number of hydrogen-bond donors (Lipinski definition) is 3. The molecule has 1 aliphatic heterocycles. The summed E-state index contributed by atoms with van der Waals surface area (Å²) in [5.41, 5.74) is 2.32. The molecule has 4 rings (SSSR count). The number of carbonyl (C=O) groups is 2. The Hall–Kier alpha value is -3.44. The maximum Gasteiger partial charge on any atom is 0.272 e. The average Bonchev–Trinajstić information content (AvgIpc) is 3.33. The minimum atomic E-state index is -0.289. The average molecular weight is 447 g/mol. The third-order valence-corrected chi connectivity index (χ3v) is 6.12. The second kappa shape index (κ2) is 10.2. The number of hydrogen-bond acceptors (Lipinski definition) is 5.